The molecule has 0 aliphatic carbocycles. The Kier molecular flexibility index (Phi) is 4.66. The molecule has 2 nitrogen and oxygen atoms in total. The zero-order valence-corrected chi connectivity index (χ0v) is 7.34. The van der Waals surface area contributed by atoms with E-state index in [0.29, 0.717) is 0 Å². The van der Waals surface area contributed by atoms with Crippen molar-refractivity contribution in [1.29, 1.82) is 0 Å². The van der Waals surface area contributed by atoms with Gasteiger partial charge in [0.1, 0.15) is 5.83 Å². The first-order valence-electron chi connectivity index (χ1n) is 3.59. The molecule has 0 heterocycles. The lowest BCUT2D eigenvalue weighted by Crippen LogP contribution is -1.98. The molecule has 0 atom stereocenters. The van der Waals surface area contributed by atoms with Crippen molar-refractivity contribution in [3.8, 4) is 0 Å². The van der Waals surface area contributed by atoms with Crippen LogP contribution in [0.1, 0.15) is 13.8 Å². The van der Waals surface area contributed by atoms with Crippen LogP contribution < -0.4 is 0 Å². The van der Waals surface area contributed by atoms with Crippen LogP contribution in [0.4, 0.5) is 8.78 Å². The highest BCUT2D eigenvalue weighted by atomic mass is 19.1. The highest BCUT2D eigenvalue weighted by Crippen LogP contribution is 2.16. The molecule has 72 valence electrons. The summed E-state index contributed by atoms with van der Waals surface area (Å²) in [5, 5.41) is 8.18. The summed E-state index contributed by atoms with van der Waals surface area (Å²) in [5.74, 6) is -4.13. The predicted molar refractivity (Wildman–Crippen MR) is 45.4 cm³/mol. The van der Waals surface area contributed by atoms with Gasteiger partial charge in [-0.1, -0.05) is 12.2 Å². The van der Waals surface area contributed by atoms with Gasteiger partial charge in [-0.3, -0.25) is 0 Å². The van der Waals surface area contributed by atoms with E-state index in [1.165, 1.54) is 6.08 Å². The van der Waals surface area contributed by atoms with Crippen molar-refractivity contribution >= 4 is 5.97 Å². The molecule has 0 spiro atoms. The second kappa shape index (κ2) is 5.24. The van der Waals surface area contributed by atoms with E-state index in [0.717, 1.165) is 13.0 Å². The van der Waals surface area contributed by atoms with Gasteiger partial charge in [0.2, 0.25) is 5.83 Å². The van der Waals surface area contributed by atoms with Crippen molar-refractivity contribution in [3.63, 3.8) is 0 Å². The first-order chi connectivity index (χ1) is 6.00. The maximum atomic E-state index is 12.8. The predicted octanol–water partition coefficient (Wildman–Crippen LogP) is 2.74. The minimum Gasteiger partial charge on any atom is -0.476 e. The summed E-state index contributed by atoms with van der Waals surface area (Å²) in [4.78, 5) is 10.1. The number of hydrogen-bond acceptors (Lipinski definition) is 1. The molecule has 0 unspecified atom stereocenters. The summed E-state index contributed by atoms with van der Waals surface area (Å²) in [6, 6.07) is 0. The quantitative estimate of drug-likeness (QED) is 0.546. The third-order valence-electron chi connectivity index (χ3n) is 1.31. The third kappa shape index (κ3) is 3.64. The maximum absolute atomic E-state index is 12.8. The van der Waals surface area contributed by atoms with Crippen LogP contribution in [0, 0.1) is 0 Å². The van der Waals surface area contributed by atoms with Crippen LogP contribution in [0.2, 0.25) is 0 Å². The number of carboxylic acid groups (broad SMARTS) is 1. The molecule has 0 saturated heterocycles. The summed E-state index contributed by atoms with van der Waals surface area (Å²) in [6.45, 7) is 2.73. The van der Waals surface area contributed by atoms with E-state index >= 15 is 0 Å². The Hall–Kier alpha value is -1.45. The Labute approximate surface area is 74.9 Å². The highest BCUT2D eigenvalue weighted by Gasteiger charge is 2.12. The van der Waals surface area contributed by atoms with E-state index in [2.05, 4.69) is 0 Å². The summed E-state index contributed by atoms with van der Waals surface area (Å²) in [5.41, 5.74) is -0.509. The molecule has 0 aliphatic rings. The Morgan fingerprint density at radius 1 is 1.38 bits per heavy atom. The van der Waals surface area contributed by atoms with Crippen LogP contribution in [0.5, 0.6) is 0 Å². The van der Waals surface area contributed by atoms with E-state index in [1.54, 1.807) is 13.0 Å². The summed E-state index contributed by atoms with van der Waals surface area (Å²) >= 11 is 0. The Balaban J connectivity index is 4.87. The standard InChI is InChI=1S/C9H10F2O2/c1-3-4-5-7(10)6(2)8(11)9(12)13/h3-5H,1-2H3,(H,12,13)/b4-3+,7-5-,8-6+. The molecule has 0 bridgehead atoms. The molecule has 0 saturated carbocycles. The van der Waals surface area contributed by atoms with Gasteiger partial charge in [-0.05, 0) is 19.9 Å². The van der Waals surface area contributed by atoms with Gasteiger partial charge >= 0.3 is 5.97 Å². The Morgan fingerprint density at radius 2 is 1.92 bits per heavy atom. The fraction of sp³-hybridized carbons (Fsp3) is 0.222. The van der Waals surface area contributed by atoms with Gasteiger partial charge < -0.3 is 5.11 Å². The molecule has 0 aromatic rings. The smallest absolute Gasteiger partial charge is 0.365 e. The van der Waals surface area contributed by atoms with E-state index < -0.39 is 23.2 Å². The van der Waals surface area contributed by atoms with Crippen LogP contribution in [0.3, 0.4) is 0 Å². The molecular formula is C9H10F2O2. The number of hydrogen-bond donors (Lipinski definition) is 1. The fourth-order valence-corrected chi connectivity index (χ4v) is 0.571. The minimum absolute atomic E-state index is 0.509. The number of carboxylic acids is 1. The summed E-state index contributed by atoms with van der Waals surface area (Å²) in [6.07, 6.45) is 3.90. The van der Waals surface area contributed by atoms with Crippen molar-refractivity contribution in [1.82, 2.24) is 0 Å². The van der Waals surface area contributed by atoms with Gasteiger partial charge in [-0.15, -0.1) is 0 Å². The average Bonchev–Trinajstić information content (AvgIpc) is 2.11. The van der Waals surface area contributed by atoms with Crippen molar-refractivity contribution in [2.75, 3.05) is 0 Å². The van der Waals surface area contributed by atoms with Crippen molar-refractivity contribution in [2.45, 2.75) is 13.8 Å². The summed E-state index contributed by atoms with van der Waals surface area (Å²) in [7, 11) is 0. The largest absolute Gasteiger partial charge is 0.476 e. The van der Waals surface area contributed by atoms with Gasteiger partial charge in [0, 0.05) is 5.57 Å². The number of rotatable bonds is 3. The van der Waals surface area contributed by atoms with Crippen LogP contribution >= 0.6 is 0 Å². The lowest BCUT2D eigenvalue weighted by atomic mass is 10.2. The molecule has 0 rings (SSSR count). The van der Waals surface area contributed by atoms with Crippen molar-refractivity contribution in [3.05, 3.63) is 35.5 Å². The number of allylic oxidation sites excluding steroid dienone is 5. The normalized spacial score (nSPS) is 14.6. The number of halogens is 2. The number of aliphatic carboxylic acids is 1. The zero-order valence-electron chi connectivity index (χ0n) is 7.34. The van der Waals surface area contributed by atoms with Gasteiger partial charge in [-0.25, -0.2) is 9.18 Å². The summed E-state index contributed by atoms with van der Waals surface area (Å²) < 4.78 is 25.4. The molecule has 0 radical (unpaired) electrons. The van der Waals surface area contributed by atoms with Gasteiger partial charge in [0.05, 0.1) is 0 Å². The molecule has 0 aromatic carbocycles. The molecule has 4 heteroatoms. The van der Waals surface area contributed by atoms with Crippen LogP contribution in [-0.2, 0) is 4.79 Å². The first kappa shape index (κ1) is 11.6. The average molecular weight is 188 g/mol. The molecule has 13 heavy (non-hydrogen) atoms. The third-order valence-corrected chi connectivity index (χ3v) is 1.31. The van der Waals surface area contributed by atoms with Gasteiger partial charge in [-0.2, -0.15) is 4.39 Å². The lowest BCUT2D eigenvalue weighted by molar-refractivity contribution is -0.134. The van der Waals surface area contributed by atoms with Crippen molar-refractivity contribution in [2.24, 2.45) is 0 Å². The van der Waals surface area contributed by atoms with Crippen molar-refractivity contribution < 1.29 is 18.7 Å². The topological polar surface area (TPSA) is 37.3 Å². The highest BCUT2D eigenvalue weighted by molar-refractivity contribution is 5.85. The van der Waals surface area contributed by atoms with E-state index in [4.69, 9.17) is 5.11 Å². The van der Waals surface area contributed by atoms with Crippen LogP contribution in [-0.4, -0.2) is 11.1 Å². The minimum atomic E-state index is -1.76. The molecular weight excluding hydrogens is 178 g/mol. The molecule has 0 aromatic heterocycles. The molecule has 0 aliphatic heterocycles. The molecule has 1 N–H and O–H groups in total. The molecule has 0 amide bonds. The number of carbonyl (C=O) groups is 1. The lowest BCUT2D eigenvalue weighted by Gasteiger charge is -1.96. The first-order valence-corrected chi connectivity index (χ1v) is 3.59. The Bertz CT molecular complexity index is 288. The van der Waals surface area contributed by atoms with Gasteiger partial charge in [0.15, 0.2) is 0 Å². The van der Waals surface area contributed by atoms with Crippen LogP contribution in [0.15, 0.2) is 35.5 Å². The second-order valence-corrected chi connectivity index (χ2v) is 2.28. The van der Waals surface area contributed by atoms with E-state index in [-0.39, 0.29) is 0 Å². The molecule has 0 fully saturated rings. The zero-order chi connectivity index (χ0) is 10.4. The van der Waals surface area contributed by atoms with E-state index in [9.17, 15) is 13.6 Å². The van der Waals surface area contributed by atoms with Crippen LogP contribution in [0.25, 0.3) is 0 Å². The second-order valence-electron chi connectivity index (χ2n) is 2.28. The maximum Gasteiger partial charge on any atom is 0.365 e. The van der Waals surface area contributed by atoms with Gasteiger partial charge in [0.25, 0.3) is 0 Å². The van der Waals surface area contributed by atoms with E-state index in [1.807, 2.05) is 0 Å². The fourth-order valence-electron chi connectivity index (χ4n) is 0.571. The Morgan fingerprint density at radius 3 is 2.31 bits per heavy atom. The monoisotopic (exact) mass is 188 g/mol. The SMILES string of the molecule is C/C=C/C=C(F)/C(C)=C(/F)C(=O)O.